The third kappa shape index (κ3) is 3.87. The smallest absolute Gasteiger partial charge is 0.124 e. The van der Waals surface area contributed by atoms with Crippen molar-refractivity contribution in [3.8, 4) is 5.75 Å². The van der Waals surface area contributed by atoms with Crippen molar-refractivity contribution in [1.29, 1.82) is 0 Å². The van der Waals surface area contributed by atoms with Crippen LogP contribution in [0.15, 0.2) is 18.2 Å². The van der Waals surface area contributed by atoms with Crippen molar-refractivity contribution in [2.75, 3.05) is 14.2 Å². The molecule has 0 aromatic heterocycles. The Morgan fingerprint density at radius 3 is 2.59 bits per heavy atom. The molecule has 2 atom stereocenters. The van der Waals surface area contributed by atoms with Crippen LogP contribution in [0.3, 0.4) is 0 Å². The molecule has 1 aromatic rings. The van der Waals surface area contributed by atoms with E-state index in [0.717, 1.165) is 11.3 Å². The van der Waals surface area contributed by atoms with Gasteiger partial charge in [0.15, 0.2) is 0 Å². The average Bonchev–Trinajstić information content (AvgIpc) is 2.35. The lowest BCUT2D eigenvalue weighted by molar-refractivity contribution is 0.0881. The zero-order valence-electron chi connectivity index (χ0n) is 10.8. The number of methoxy groups -OCH3 is 2. The van der Waals surface area contributed by atoms with E-state index in [1.807, 2.05) is 25.1 Å². The van der Waals surface area contributed by atoms with Gasteiger partial charge in [0.25, 0.3) is 0 Å². The maximum Gasteiger partial charge on any atom is 0.124 e. The van der Waals surface area contributed by atoms with Crippen molar-refractivity contribution in [2.45, 2.75) is 32.5 Å². The van der Waals surface area contributed by atoms with E-state index in [-0.39, 0.29) is 12.1 Å². The lowest BCUT2D eigenvalue weighted by Gasteiger charge is -2.21. The molecule has 0 aliphatic heterocycles. The van der Waals surface area contributed by atoms with E-state index in [4.69, 9.17) is 21.1 Å². The van der Waals surface area contributed by atoms with Gasteiger partial charge in [-0.1, -0.05) is 17.7 Å². The summed E-state index contributed by atoms with van der Waals surface area (Å²) in [7, 11) is 3.36. The lowest BCUT2D eigenvalue weighted by atomic mass is 10.1. The van der Waals surface area contributed by atoms with E-state index in [1.54, 1.807) is 14.2 Å². The van der Waals surface area contributed by atoms with E-state index in [0.29, 0.717) is 11.6 Å². The number of halogens is 1. The molecule has 17 heavy (non-hydrogen) atoms. The molecule has 96 valence electrons. The number of hydrogen-bond donors (Lipinski definition) is 1. The fourth-order valence-electron chi connectivity index (χ4n) is 1.53. The highest BCUT2D eigenvalue weighted by Gasteiger charge is 2.13. The summed E-state index contributed by atoms with van der Waals surface area (Å²) >= 11 is 6.15. The molecule has 1 N–H and O–H groups in total. The molecule has 2 unspecified atom stereocenters. The Morgan fingerprint density at radius 1 is 1.29 bits per heavy atom. The van der Waals surface area contributed by atoms with Gasteiger partial charge in [-0.2, -0.15) is 0 Å². The van der Waals surface area contributed by atoms with Crippen molar-refractivity contribution in [3.05, 3.63) is 28.8 Å². The number of nitrogens with one attached hydrogen (secondary N) is 1. The molecule has 0 radical (unpaired) electrons. The molecule has 0 saturated heterocycles. The highest BCUT2D eigenvalue weighted by atomic mass is 35.5. The van der Waals surface area contributed by atoms with Crippen LogP contribution in [0.25, 0.3) is 0 Å². The molecular weight excluding hydrogens is 238 g/mol. The maximum atomic E-state index is 6.15. The summed E-state index contributed by atoms with van der Waals surface area (Å²) in [6.45, 7) is 4.77. The van der Waals surface area contributed by atoms with E-state index in [1.165, 1.54) is 0 Å². The summed E-state index contributed by atoms with van der Waals surface area (Å²) < 4.78 is 10.6. The third-order valence-electron chi connectivity index (χ3n) is 2.97. The molecule has 0 aliphatic rings. The predicted octanol–water partition coefficient (Wildman–Crippen LogP) is 2.86. The number of ether oxygens (including phenoxy) is 2. The van der Waals surface area contributed by atoms with Crippen molar-refractivity contribution >= 4 is 11.6 Å². The fourth-order valence-corrected chi connectivity index (χ4v) is 1.77. The summed E-state index contributed by atoms with van der Waals surface area (Å²) in [5.74, 6) is 0.808. The van der Waals surface area contributed by atoms with Crippen molar-refractivity contribution in [2.24, 2.45) is 0 Å². The number of hydrogen-bond acceptors (Lipinski definition) is 3. The van der Waals surface area contributed by atoms with Crippen LogP contribution in [0.2, 0.25) is 5.02 Å². The summed E-state index contributed by atoms with van der Waals surface area (Å²) in [4.78, 5) is 0. The summed E-state index contributed by atoms with van der Waals surface area (Å²) in [5.41, 5.74) is 0.979. The first kappa shape index (κ1) is 14.3. The molecule has 1 rings (SSSR count). The Kier molecular flexibility index (Phi) is 5.75. The molecule has 0 bridgehead atoms. The van der Waals surface area contributed by atoms with Gasteiger partial charge in [0.05, 0.1) is 13.2 Å². The van der Waals surface area contributed by atoms with Crippen LogP contribution in [0.5, 0.6) is 5.75 Å². The molecule has 3 nitrogen and oxygen atoms in total. The van der Waals surface area contributed by atoms with Crippen LogP contribution in [-0.2, 0) is 11.3 Å². The van der Waals surface area contributed by atoms with Gasteiger partial charge in [-0.05, 0) is 26.0 Å². The summed E-state index contributed by atoms with van der Waals surface area (Å²) in [6.07, 6.45) is 0.156. The van der Waals surface area contributed by atoms with Gasteiger partial charge in [0.1, 0.15) is 5.75 Å². The minimum Gasteiger partial charge on any atom is -0.496 e. The highest BCUT2D eigenvalue weighted by Crippen LogP contribution is 2.26. The molecule has 0 heterocycles. The number of benzene rings is 1. The topological polar surface area (TPSA) is 30.5 Å². The van der Waals surface area contributed by atoms with Gasteiger partial charge in [0, 0.05) is 30.3 Å². The van der Waals surface area contributed by atoms with Crippen LogP contribution >= 0.6 is 11.6 Å². The molecule has 1 aromatic carbocycles. The fraction of sp³-hybridized carbons (Fsp3) is 0.538. The quantitative estimate of drug-likeness (QED) is 0.850. The first-order chi connectivity index (χ1) is 8.10. The molecule has 0 aliphatic carbocycles. The Morgan fingerprint density at radius 2 is 2.00 bits per heavy atom. The monoisotopic (exact) mass is 257 g/mol. The highest BCUT2D eigenvalue weighted by molar-refractivity contribution is 6.31. The molecule has 0 amide bonds. The van der Waals surface area contributed by atoms with E-state index >= 15 is 0 Å². The minimum absolute atomic E-state index is 0.156. The average molecular weight is 258 g/mol. The molecular formula is C13H20ClNO2. The second kappa shape index (κ2) is 6.84. The van der Waals surface area contributed by atoms with Crippen LogP contribution < -0.4 is 10.1 Å². The van der Waals surface area contributed by atoms with Gasteiger partial charge >= 0.3 is 0 Å². The zero-order chi connectivity index (χ0) is 12.8. The molecule has 0 saturated carbocycles. The molecule has 0 fully saturated rings. The standard InChI is InChI=1S/C13H20ClNO2/c1-9(10(2)16-3)15-8-11-12(14)6-5-7-13(11)17-4/h5-7,9-10,15H,8H2,1-4H3. The normalized spacial score (nSPS) is 14.4. The van der Waals surface area contributed by atoms with Gasteiger partial charge in [0.2, 0.25) is 0 Å². The van der Waals surface area contributed by atoms with Gasteiger partial charge in [-0.3, -0.25) is 0 Å². The Hall–Kier alpha value is -0.770. The first-order valence-electron chi connectivity index (χ1n) is 5.67. The second-order valence-corrected chi connectivity index (χ2v) is 4.44. The zero-order valence-corrected chi connectivity index (χ0v) is 11.5. The van der Waals surface area contributed by atoms with E-state index in [2.05, 4.69) is 12.2 Å². The molecule has 4 heteroatoms. The SMILES string of the molecule is COc1cccc(Cl)c1CNC(C)C(C)OC. The minimum atomic E-state index is 0.156. The second-order valence-electron chi connectivity index (χ2n) is 4.03. The van der Waals surface area contributed by atoms with Crippen LogP contribution in [0, 0.1) is 0 Å². The van der Waals surface area contributed by atoms with E-state index < -0.39 is 0 Å². The third-order valence-corrected chi connectivity index (χ3v) is 3.33. The Labute approximate surface area is 108 Å². The van der Waals surface area contributed by atoms with Crippen LogP contribution in [0.4, 0.5) is 0 Å². The largest absolute Gasteiger partial charge is 0.496 e. The van der Waals surface area contributed by atoms with Crippen LogP contribution in [0.1, 0.15) is 19.4 Å². The lowest BCUT2D eigenvalue weighted by Crippen LogP contribution is -2.36. The predicted molar refractivity (Wildman–Crippen MR) is 70.8 cm³/mol. The van der Waals surface area contributed by atoms with Gasteiger partial charge in [-0.15, -0.1) is 0 Å². The first-order valence-corrected chi connectivity index (χ1v) is 6.05. The molecule has 0 spiro atoms. The van der Waals surface area contributed by atoms with Gasteiger partial charge < -0.3 is 14.8 Å². The summed E-state index contributed by atoms with van der Waals surface area (Å²) in [6, 6.07) is 5.91. The number of rotatable bonds is 6. The van der Waals surface area contributed by atoms with Gasteiger partial charge in [-0.25, -0.2) is 0 Å². The van der Waals surface area contributed by atoms with Crippen molar-refractivity contribution < 1.29 is 9.47 Å². The van der Waals surface area contributed by atoms with E-state index in [9.17, 15) is 0 Å². The Bertz CT molecular complexity index is 357. The Balaban J connectivity index is 2.68. The van der Waals surface area contributed by atoms with Crippen molar-refractivity contribution in [1.82, 2.24) is 5.32 Å². The van der Waals surface area contributed by atoms with Crippen LogP contribution in [-0.4, -0.2) is 26.4 Å². The van der Waals surface area contributed by atoms with Crippen molar-refractivity contribution in [3.63, 3.8) is 0 Å². The summed E-state index contributed by atoms with van der Waals surface area (Å²) in [5, 5.41) is 4.09. The maximum absolute atomic E-state index is 6.15.